The van der Waals surface area contributed by atoms with Crippen LogP contribution < -0.4 is 0 Å². The summed E-state index contributed by atoms with van der Waals surface area (Å²) in [5.41, 5.74) is 0.973. The van der Waals surface area contributed by atoms with Gasteiger partial charge in [-0.25, -0.2) is 0 Å². The monoisotopic (exact) mass is 448 g/mol. The minimum absolute atomic E-state index is 0.420. The Labute approximate surface area is 198 Å². The Morgan fingerprint density at radius 1 is 0.719 bits per heavy atom. The Balaban J connectivity index is 1.34. The molecule has 0 aromatic heterocycles. The van der Waals surface area contributed by atoms with Crippen LogP contribution in [0.15, 0.2) is 0 Å². The van der Waals surface area contributed by atoms with E-state index in [1.54, 1.807) is 0 Å². The van der Waals surface area contributed by atoms with Gasteiger partial charge in [0, 0.05) is 13.2 Å². The van der Waals surface area contributed by atoms with Crippen molar-refractivity contribution >= 4 is 0 Å². The number of hydrogen-bond donors (Lipinski definition) is 0. The van der Waals surface area contributed by atoms with Gasteiger partial charge in [-0.15, -0.1) is 0 Å². The summed E-state index contributed by atoms with van der Waals surface area (Å²) >= 11 is 0. The van der Waals surface area contributed by atoms with Crippen LogP contribution in [-0.4, -0.2) is 76.5 Å². The third-order valence-corrected chi connectivity index (χ3v) is 10.5. The zero-order valence-corrected chi connectivity index (χ0v) is 22.1. The quantitative estimate of drug-likeness (QED) is 0.446. The van der Waals surface area contributed by atoms with Gasteiger partial charge < -0.3 is 19.3 Å². The number of nitrogens with zero attached hydrogens (tertiary/aromatic N) is 2. The second-order valence-corrected chi connectivity index (χ2v) is 12.9. The molecule has 4 saturated carbocycles. The molecule has 0 spiro atoms. The normalized spacial score (nSPS) is 43.9. The van der Waals surface area contributed by atoms with E-state index < -0.39 is 0 Å². The minimum atomic E-state index is 0.420. The van der Waals surface area contributed by atoms with Gasteiger partial charge >= 0.3 is 0 Å². The Hall–Kier alpha value is -0.160. The summed E-state index contributed by atoms with van der Waals surface area (Å²) in [5.74, 6) is 3.65. The van der Waals surface area contributed by atoms with Crippen LogP contribution in [0.2, 0.25) is 0 Å². The van der Waals surface area contributed by atoms with Crippen LogP contribution >= 0.6 is 0 Å². The van der Waals surface area contributed by atoms with Gasteiger partial charge in [-0.3, -0.25) is 0 Å². The van der Waals surface area contributed by atoms with Crippen LogP contribution in [0.5, 0.6) is 0 Å². The summed E-state index contributed by atoms with van der Waals surface area (Å²) in [4.78, 5) is 4.51. The topological polar surface area (TPSA) is 24.9 Å². The lowest BCUT2D eigenvalue weighted by molar-refractivity contribution is -0.146. The molecule has 0 aromatic carbocycles. The molecule has 0 heterocycles. The lowest BCUT2D eigenvalue weighted by atomic mass is 9.45. The fraction of sp³-hybridized carbons (Fsp3) is 1.00. The largest absolute Gasteiger partial charge is 0.378 e. The van der Waals surface area contributed by atoms with E-state index in [2.05, 4.69) is 51.8 Å². The van der Waals surface area contributed by atoms with Crippen LogP contribution in [-0.2, 0) is 9.47 Å². The second-order valence-electron chi connectivity index (χ2n) is 12.9. The van der Waals surface area contributed by atoms with E-state index in [-0.39, 0.29) is 0 Å². The van der Waals surface area contributed by atoms with Gasteiger partial charge in [0.25, 0.3) is 0 Å². The molecule has 186 valence electrons. The van der Waals surface area contributed by atoms with Crippen molar-refractivity contribution in [2.24, 2.45) is 34.5 Å². The molecule has 0 amide bonds. The molecule has 4 aliphatic rings. The van der Waals surface area contributed by atoms with Crippen molar-refractivity contribution in [3.05, 3.63) is 0 Å². The predicted molar refractivity (Wildman–Crippen MR) is 133 cm³/mol. The molecule has 0 bridgehead atoms. The minimum Gasteiger partial charge on any atom is -0.378 e. The third kappa shape index (κ3) is 4.95. The number of rotatable bonds is 9. The Bertz CT molecular complexity index is 610. The van der Waals surface area contributed by atoms with Gasteiger partial charge in [-0.05, 0) is 133 Å². The Kier molecular flexibility index (Phi) is 7.97. The van der Waals surface area contributed by atoms with E-state index >= 15 is 0 Å². The first kappa shape index (κ1) is 24.9. The fourth-order valence-electron chi connectivity index (χ4n) is 8.60. The summed E-state index contributed by atoms with van der Waals surface area (Å²) < 4.78 is 12.9. The molecule has 8 unspecified atom stereocenters. The highest BCUT2D eigenvalue weighted by molar-refractivity contribution is 5.09. The Morgan fingerprint density at radius 3 is 2.19 bits per heavy atom. The SMILES string of the molecule is CN(C)CCCOC1CCC2(C)C(CCC3C2CCC2(C)C(OCCN(C)C)CCC32)C1. The zero-order valence-electron chi connectivity index (χ0n) is 22.1. The van der Waals surface area contributed by atoms with Gasteiger partial charge in [-0.1, -0.05) is 13.8 Å². The van der Waals surface area contributed by atoms with E-state index in [1.807, 2.05) is 0 Å². The van der Waals surface area contributed by atoms with Crippen LogP contribution in [0.1, 0.15) is 78.1 Å². The molecule has 0 saturated heterocycles. The highest BCUT2D eigenvalue weighted by atomic mass is 16.5. The van der Waals surface area contributed by atoms with E-state index in [0.29, 0.717) is 23.0 Å². The second kappa shape index (κ2) is 10.2. The standard InChI is InChI=1S/C28H52N2O2/c1-27-14-12-22(31-18-7-16-29(3)4)20-21(27)8-9-23-24-10-11-26(32-19-17-30(5)6)28(24,2)15-13-25(23)27/h21-26H,7-20H2,1-6H3. The molecule has 0 aliphatic heterocycles. The molecule has 4 aliphatic carbocycles. The maximum absolute atomic E-state index is 6.51. The van der Waals surface area contributed by atoms with E-state index in [0.717, 1.165) is 56.4 Å². The zero-order chi connectivity index (χ0) is 22.9. The van der Waals surface area contributed by atoms with E-state index in [1.165, 1.54) is 57.8 Å². The maximum atomic E-state index is 6.51. The first-order valence-corrected chi connectivity index (χ1v) is 13.8. The average Bonchev–Trinajstić information content (AvgIpc) is 3.07. The highest BCUT2D eigenvalue weighted by Crippen LogP contribution is 2.66. The van der Waals surface area contributed by atoms with Gasteiger partial charge in [-0.2, -0.15) is 0 Å². The van der Waals surface area contributed by atoms with Crippen LogP contribution in [0, 0.1) is 34.5 Å². The molecule has 0 radical (unpaired) electrons. The van der Waals surface area contributed by atoms with E-state index in [9.17, 15) is 0 Å². The van der Waals surface area contributed by atoms with Crippen LogP contribution in [0.25, 0.3) is 0 Å². The number of ether oxygens (including phenoxy) is 2. The van der Waals surface area contributed by atoms with Crippen molar-refractivity contribution in [2.75, 3.05) is 54.5 Å². The lowest BCUT2D eigenvalue weighted by Crippen LogP contribution is -2.54. The summed E-state index contributed by atoms with van der Waals surface area (Å²) in [6.45, 7) is 9.28. The summed E-state index contributed by atoms with van der Waals surface area (Å²) in [6, 6.07) is 0. The van der Waals surface area contributed by atoms with Crippen molar-refractivity contribution < 1.29 is 9.47 Å². The van der Waals surface area contributed by atoms with Crippen LogP contribution in [0.4, 0.5) is 0 Å². The molecule has 4 fully saturated rings. The van der Waals surface area contributed by atoms with Crippen LogP contribution in [0.3, 0.4) is 0 Å². The van der Waals surface area contributed by atoms with Gasteiger partial charge in [0.15, 0.2) is 0 Å². The molecular formula is C28H52N2O2. The predicted octanol–water partition coefficient (Wildman–Crippen LogP) is 5.31. The molecule has 0 aromatic rings. The average molecular weight is 449 g/mol. The molecule has 0 N–H and O–H groups in total. The first-order valence-electron chi connectivity index (χ1n) is 13.8. The summed E-state index contributed by atoms with van der Waals surface area (Å²) in [7, 11) is 8.61. The number of likely N-dealkylation sites (N-methyl/N-ethyl adjacent to an activating group) is 1. The van der Waals surface area contributed by atoms with Crippen molar-refractivity contribution in [1.29, 1.82) is 0 Å². The van der Waals surface area contributed by atoms with E-state index in [4.69, 9.17) is 9.47 Å². The fourth-order valence-corrected chi connectivity index (χ4v) is 8.60. The summed E-state index contributed by atoms with van der Waals surface area (Å²) in [5, 5.41) is 0. The number of hydrogen-bond acceptors (Lipinski definition) is 4. The van der Waals surface area contributed by atoms with Crippen molar-refractivity contribution in [1.82, 2.24) is 9.80 Å². The summed E-state index contributed by atoms with van der Waals surface area (Å²) in [6.07, 6.45) is 14.6. The van der Waals surface area contributed by atoms with Crippen molar-refractivity contribution in [2.45, 2.75) is 90.3 Å². The Morgan fingerprint density at radius 2 is 1.44 bits per heavy atom. The molecule has 4 rings (SSSR count). The van der Waals surface area contributed by atoms with Crippen molar-refractivity contribution in [3.63, 3.8) is 0 Å². The maximum Gasteiger partial charge on any atom is 0.0632 e. The van der Waals surface area contributed by atoms with Gasteiger partial charge in [0.2, 0.25) is 0 Å². The molecule has 4 heteroatoms. The first-order chi connectivity index (χ1) is 15.2. The highest BCUT2D eigenvalue weighted by Gasteiger charge is 2.60. The molecule has 32 heavy (non-hydrogen) atoms. The lowest BCUT2D eigenvalue weighted by Gasteiger charge is -2.61. The van der Waals surface area contributed by atoms with Gasteiger partial charge in [0.1, 0.15) is 0 Å². The third-order valence-electron chi connectivity index (χ3n) is 10.5. The smallest absolute Gasteiger partial charge is 0.0632 e. The molecule has 8 atom stereocenters. The molecular weight excluding hydrogens is 396 g/mol. The van der Waals surface area contributed by atoms with Gasteiger partial charge in [0.05, 0.1) is 18.8 Å². The molecule has 4 nitrogen and oxygen atoms in total. The number of fused-ring (bicyclic) bond motifs is 5. The van der Waals surface area contributed by atoms with Crippen molar-refractivity contribution in [3.8, 4) is 0 Å².